The Labute approximate surface area is 102 Å². The third-order valence-corrected chi connectivity index (χ3v) is 3.43. The zero-order valence-corrected chi connectivity index (χ0v) is 11.0. The van der Waals surface area contributed by atoms with Gasteiger partial charge in [-0.2, -0.15) is 17.0 Å². The molecule has 0 aliphatic rings. The minimum Gasteiger partial charge on any atom is -0.233 e. The van der Waals surface area contributed by atoms with Gasteiger partial charge in [0.05, 0.1) is 19.0 Å². The van der Waals surface area contributed by atoms with Crippen LogP contribution in [0.15, 0.2) is 12.4 Å². The summed E-state index contributed by atoms with van der Waals surface area (Å²) in [7, 11) is 0. The van der Waals surface area contributed by atoms with E-state index in [2.05, 4.69) is 41.4 Å². The van der Waals surface area contributed by atoms with Gasteiger partial charge in [-0.3, -0.25) is 0 Å². The molecule has 0 atom stereocenters. The Morgan fingerprint density at radius 3 is 2.94 bits per heavy atom. The van der Waals surface area contributed by atoms with Crippen molar-refractivity contribution in [3.8, 4) is 6.07 Å². The molecule has 3 nitrogen and oxygen atoms in total. The van der Waals surface area contributed by atoms with E-state index in [1.165, 1.54) is 11.6 Å². The molecule has 1 aromatic rings. The molecule has 0 aliphatic heterocycles. The number of aromatic nitrogens is 2. The maximum Gasteiger partial charge on any atom is 0.256 e. The summed E-state index contributed by atoms with van der Waals surface area (Å²) in [6.07, 6.45) is 5.83. The van der Waals surface area contributed by atoms with E-state index >= 15 is 0 Å². The molecule has 0 unspecified atom stereocenters. The normalized spacial score (nSPS) is 10.3. The molecule has 1 aromatic heterocycles. The highest BCUT2D eigenvalue weighted by atomic mass is 32.2. The van der Waals surface area contributed by atoms with Gasteiger partial charge in [0.1, 0.15) is 18.9 Å². The highest BCUT2D eigenvalue weighted by molar-refractivity contribution is 7.99. The molecule has 0 aromatic carbocycles. The molecule has 0 spiro atoms. The number of thioether (sulfide) groups is 1. The van der Waals surface area contributed by atoms with Gasteiger partial charge in [0.15, 0.2) is 0 Å². The molecule has 0 saturated heterocycles. The average Bonchev–Trinajstić information content (AvgIpc) is 2.69. The van der Waals surface area contributed by atoms with E-state index < -0.39 is 0 Å². The first-order valence-corrected chi connectivity index (χ1v) is 7.01. The van der Waals surface area contributed by atoms with Crippen molar-refractivity contribution in [2.45, 2.75) is 39.8 Å². The van der Waals surface area contributed by atoms with Gasteiger partial charge >= 0.3 is 0 Å². The van der Waals surface area contributed by atoms with Gasteiger partial charge in [-0.25, -0.2) is 9.13 Å². The first kappa shape index (κ1) is 13.1. The van der Waals surface area contributed by atoms with Crippen LogP contribution in [0.4, 0.5) is 0 Å². The van der Waals surface area contributed by atoms with Crippen molar-refractivity contribution in [1.29, 1.82) is 5.26 Å². The lowest BCUT2D eigenvalue weighted by Crippen LogP contribution is -2.37. The lowest BCUT2D eigenvalue weighted by Gasteiger charge is -2.01. The van der Waals surface area contributed by atoms with Gasteiger partial charge in [0.25, 0.3) is 5.82 Å². The molecule has 0 saturated carbocycles. The van der Waals surface area contributed by atoms with Crippen molar-refractivity contribution in [2.24, 2.45) is 0 Å². The van der Waals surface area contributed by atoms with Crippen LogP contribution >= 0.6 is 11.8 Å². The van der Waals surface area contributed by atoms with Crippen molar-refractivity contribution < 1.29 is 4.57 Å². The first-order valence-electron chi connectivity index (χ1n) is 5.85. The summed E-state index contributed by atoms with van der Waals surface area (Å²) in [5, 5.41) is 8.60. The van der Waals surface area contributed by atoms with Crippen LogP contribution in [0.2, 0.25) is 0 Å². The molecular formula is C12H20N3S+. The molecule has 88 valence electrons. The van der Waals surface area contributed by atoms with Crippen LogP contribution in [0.1, 0.15) is 26.1 Å². The van der Waals surface area contributed by atoms with E-state index in [-0.39, 0.29) is 0 Å². The van der Waals surface area contributed by atoms with E-state index in [9.17, 15) is 0 Å². The Morgan fingerprint density at radius 2 is 2.31 bits per heavy atom. The highest BCUT2D eigenvalue weighted by Gasteiger charge is 2.13. The molecule has 0 bridgehead atoms. The second kappa shape index (κ2) is 7.34. The SMILES string of the molecule is CCSCCn1cc[n+](CCC#N)c1CC. The minimum absolute atomic E-state index is 0.589. The smallest absolute Gasteiger partial charge is 0.233 e. The molecule has 0 aliphatic carbocycles. The molecule has 0 amide bonds. The number of hydrogen-bond acceptors (Lipinski definition) is 2. The molecular weight excluding hydrogens is 218 g/mol. The molecule has 16 heavy (non-hydrogen) atoms. The van der Waals surface area contributed by atoms with Gasteiger partial charge in [-0.15, -0.1) is 0 Å². The Hall–Kier alpha value is -0.950. The van der Waals surface area contributed by atoms with Crippen LogP contribution in [0.3, 0.4) is 0 Å². The number of aryl methyl sites for hydroxylation is 2. The number of nitriles is 1. The summed E-state index contributed by atoms with van der Waals surface area (Å²) >= 11 is 1.97. The van der Waals surface area contributed by atoms with Crippen molar-refractivity contribution >= 4 is 11.8 Å². The fourth-order valence-electron chi connectivity index (χ4n) is 1.79. The highest BCUT2D eigenvalue weighted by Crippen LogP contribution is 2.03. The van der Waals surface area contributed by atoms with Crippen molar-refractivity contribution in [2.75, 3.05) is 11.5 Å². The second-order valence-electron chi connectivity index (χ2n) is 3.56. The van der Waals surface area contributed by atoms with Gasteiger partial charge in [0.2, 0.25) is 0 Å². The summed E-state index contributed by atoms with van der Waals surface area (Å²) in [4.78, 5) is 0. The topological polar surface area (TPSA) is 32.6 Å². The summed E-state index contributed by atoms with van der Waals surface area (Å²) < 4.78 is 4.50. The van der Waals surface area contributed by atoms with Crippen LogP contribution in [0.25, 0.3) is 0 Å². The number of rotatable bonds is 7. The third-order valence-electron chi connectivity index (χ3n) is 2.55. The predicted molar refractivity (Wildman–Crippen MR) is 67.2 cm³/mol. The monoisotopic (exact) mass is 238 g/mol. The number of imidazole rings is 1. The van der Waals surface area contributed by atoms with Crippen molar-refractivity contribution in [1.82, 2.24) is 4.57 Å². The van der Waals surface area contributed by atoms with E-state index in [1.54, 1.807) is 0 Å². The van der Waals surface area contributed by atoms with Crippen LogP contribution < -0.4 is 4.57 Å². The van der Waals surface area contributed by atoms with Crippen LogP contribution in [0.5, 0.6) is 0 Å². The molecule has 1 heterocycles. The van der Waals surface area contributed by atoms with Gasteiger partial charge < -0.3 is 0 Å². The largest absolute Gasteiger partial charge is 0.256 e. The average molecular weight is 238 g/mol. The van der Waals surface area contributed by atoms with Crippen molar-refractivity contribution in [3.05, 3.63) is 18.2 Å². The van der Waals surface area contributed by atoms with E-state index in [0.29, 0.717) is 6.42 Å². The third kappa shape index (κ3) is 3.57. The molecule has 4 heteroatoms. The van der Waals surface area contributed by atoms with E-state index in [4.69, 9.17) is 5.26 Å². The van der Waals surface area contributed by atoms with Crippen LogP contribution in [0, 0.1) is 11.3 Å². The molecule has 0 fully saturated rings. The quantitative estimate of drug-likeness (QED) is 0.537. The minimum atomic E-state index is 0.589. The van der Waals surface area contributed by atoms with Crippen LogP contribution in [-0.4, -0.2) is 16.1 Å². The second-order valence-corrected chi connectivity index (χ2v) is 4.95. The molecule has 0 radical (unpaired) electrons. The number of hydrogen-bond donors (Lipinski definition) is 0. The van der Waals surface area contributed by atoms with Crippen LogP contribution in [-0.2, 0) is 19.5 Å². The summed E-state index contributed by atoms with van der Waals surface area (Å²) in [6.45, 7) is 6.24. The summed E-state index contributed by atoms with van der Waals surface area (Å²) in [5.41, 5.74) is 0. The molecule has 1 rings (SSSR count). The fourth-order valence-corrected chi connectivity index (χ4v) is 2.40. The molecule has 0 N–H and O–H groups in total. The Balaban J connectivity index is 2.63. The first-order chi connectivity index (χ1) is 7.83. The van der Waals surface area contributed by atoms with Gasteiger partial charge in [0, 0.05) is 12.2 Å². The maximum atomic E-state index is 8.60. The zero-order chi connectivity index (χ0) is 11.8. The predicted octanol–water partition coefficient (Wildman–Crippen LogP) is 2.00. The van der Waals surface area contributed by atoms with Crippen molar-refractivity contribution in [3.63, 3.8) is 0 Å². The van der Waals surface area contributed by atoms with Gasteiger partial charge in [-0.05, 0) is 5.75 Å². The summed E-state index contributed by atoms with van der Waals surface area (Å²) in [5.74, 6) is 3.67. The Kier molecular flexibility index (Phi) is 6.02. The fraction of sp³-hybridized carbons (Fsp3) is 0.667. The van der Waals surface area contributed by atoms with Gasteiger partial charge in [-0.1, -0.05) is 13.8 Å². The summed E-state index contributed by atoms with van der Waals surface area (Å²) in [6, 6.07) is 2.19. The number of nitrogens with zero attached hydrogens (tertiary/aromatic N) is 3. The lowest BCUT2D eigenvalue weighted by molar-refractivity contribution is -0.702. The standard InChI is InChI=1S/C12H20N3S/c1-3-12-14(7-5-6-13)8-9-15(12)10-11-16-4-2/h8-9H,3-5,7,10-11H2,1-2H3/q+1. The zero-order valence-electron chi connectivity index (χ0n) is 10.1. The Bertz CT molecular complexity index is 352. The van der Waals surface area contributed by atoms with E-state index in [0.717, 1.165) is 25.3 Å². The Morgan fingerprint density at radius 1 is 1.50 bits per heavy atom. The van der Waals surface area contributed by atoms with E-state index in [1.807, 2.05) is 11.8 Å². The lowest BCUT2D eigenvalue weighted by atomic mass is 10.4. The maximum absolute atomic E-state index is 8.60.